The van der Waals surface area contributed by atoms with E-state index in [1.54, 1.807) is 0 Å². The first kappa shape index (κ1) is 14.3. The van der Waals surface area contributed by atoms with Crippen LogP contribution in [-0.2, 0) is 14.3 Å². The molecule has 0 aromatic heterocycles. The van der Waals surface area contributed by atoms with E-state index in [2.05, 4.69) is 12.2 Å². The molecule has 0 radical (unpaired) electrons. The van der Waals surface area contributed by atoms with Crippen molar-refractivity contribution in [1.29, 1.82) is 0 Å². The molecular weight excluding hydrogens is 246 g/mol. The predicted molar refractivity (Wildman–Crippen MR) is 69.8 cm³/mol. The molecule has 0 aromatic carbocycles. The van der Waals surface area contributed by atoms with E-state index in [1.807, 2.05) is 0 Å². The molecule has 0 bridgehead atoms. The summed E-state index contributed by atoms with van der Waals surface area (Å²) in [5.74, 6) is -0.878. The molecule has 1 saturated heterocycles. The normalized spacial score (nSPS) is 28.7. The second-order valence-electron chi connectivity index (χ2n) is 5.94. The molecule has 19 heavy (non-hydrogen) atoms. The van der Waals surface area contributed by atoms with Gasteiger partial charge in [-0.15, -0.1) is 0 Å². The Hall–Kier alpha value is -1.10. The molecule has 1 aliphatic heterocycles. The van der Waals surface area contributed by atoms with Gasteiger partial charge in [-0.05, 0) is 45.4 Å². The van der Waals surface area contributed by atoms with Crippen molar-refractivity contribution in [2.75, 3.05) is 0 Å². The molecule has 0 spiro atoms. The number of carboxylic acids is 1. The Morgan fingerprint density at radius 1 is 1.37 bits per heavy atom. The highest BCUT2D eigenvalue weighted by Crippen LogP contribution is 2.35. The Morgan fingerprint density at radius 3 is 2.58 bits per heavy atom. The van der Waals surface area contributed by atoms with E-state index in [9.17, 15) is 9.59 Å². The monoisotopic (exact) mass is 269 g/mol. The number of aliphatic carboxylic acids is 1. The van der Waals surface area contributed by atoms with Crippen molar-refractivity contribution in [2.24, 2.45) is 0 Å². The smallest absolute Gasteiger partial charge is 0.305 e. The lowest BCUT2D eigenvalue weighted by atomic mass is 9.74. The first-order valence-electron chi connectivity index (χ1n) is 7.17. The van der Waals surface area contributed by atoms with Crippen LogP contribution in [0.25, 0.3) is 0 Å². The number of hydrogen-bond acceptors (Lipinski definition) is 3. The molecule has 2 unspecified atom stereocenters. The van der Waals surface area contributed by atoms with Gasteiger partial charge in [-0.25, -0.2) is 0 Å². The largest absolute Gasteiger partial charge is 0.481 e. The Morgan fingerprint density at radius 2 is 2.11 bits per heavy atom. The fourth-order valence-electron chi connectivity index (χ4n) is 2.99. The van der Waals surface area contributed by atoms with Crippen LogP contribution in [-0.4, -0.2) is 34.7 Å². The number of amides is 1. The van der Waals surface area contributed by atoms with Crippen LogP contribution in [0.1, 0.15) is 58.3 Å². The molecule has 5 heteroatoms. The minimum atomic E-state index is -0.840. The fourth-order valence-corrected chi connectivity index (χ4v) is 2.99. The highest BCUT2D eigenvalue weighted by molar-refractivity contribution is 5.78. The van der Waals surface area contributed by atoms with Crippen LogP contribution >= 0.6 is 0 Å². The summed E-state index contributed by atoms with van der Waals surface area (Å²) in [6.45, 7) is 2.05. The lowest BCUT2D eigenvalue weighted by Gasteiger charge is -2.41. The van der Waals surface area contributed by atoms with E-state index in [0.29, 0.717) is 12.5 Å². The second-order valence-corrected chi connectivity index (χ2v) is 5.94. The standard InChI is InChI=1S/C14H23NO4/c1-10-3-4-11(19-10)5-6-12(16)15-14(7-2-8-14)9-13(17)18/h10-11H,2-9H2,1H3,(H,15,16)(H,17,18). The summed E-state index contributed by atoms with van der Waals surface area (Å²) in [5.41, 5.74) is -0.479. The maximum absolute atomic E-state index is 11.9. The Balaban J connectivity index is 1.72. The summed E-state index contributed by atoms with van der Waals surface area (Å²) >= 11 is 0. The van der Waals surface area contributed by atoms with Crippen LogP contribution in [0.3, 0.4) is 0 Å². The van der Waals surface area contributed by atoms with Gasteiger partial charge in [0.05, 0.1) is 24.2 Å². The van der Waals surface area contributed by atoms with Crippen LogP contribution < -0.4 is 5.32 Å². The molecule has 1 heterocycles. The van der Waals surface area contributed by atoms with Gasteiger partial charge >= 0.3 is 5.97 Å². The summed E-state index contributed by atoms with van der Waals surface area (Å²) in [4.78, 5) is 22.7. The number of hydrogen-bond donors (Lipinski definition) is 2. The number of rotatable bonds is 6. The van der Waals surface area contributed by atoms with Crippen molar-refractivity contribution in [3.8, 4) is 0 Å². The highest BCUT2D eigenvalue weighted by Gasteiger charge is 2.40. The molecule has 2 fully saturated rings. The molecule has 2 atom stereocenters. The van der Waals surface area contributed by atoms with Crippen molar-refractivity contribution in [2.45, 2.75) is 76.0 Å². The van der Waals surface area contributed by atoms with Gasteiger partial charge in [0.25, 0.3) is 0 Å². The number of ether oxygens (including phenoxy) is 1. The van der Waals surface area contributed by atoms with Crippen LogP contribution in [0.5, 0.6) is 0 Å². The number of carbonyl (C=O) groups excluding carboxylic acids is 1. The van der Waals surface area contributed by atoms with Gasteiger partial charge in [0.2, 0.25) is 5.91 Å². The van der Waals surface area contributed by atoms with Gasteiger partial charge in [-0.1, -0.05) is 0 Å². The lowest BCUT2D eigenvalue weighted by molar-refractivity contribution is -0.140. The Kier molecular flexibility index (Phi) is 4.45. The molecule has 2 N–H and O–H groups in total. The third-order valence-electron chi connectivity index (χ3n) is 4.22. The van der Waals surface area contributed by atoms with Crippen molar-refractivity contribution in [3.63, 3.8) is 0 Å². The SMILES string of the molecule is CC1CCC(CCC(=O)NC2(CC(=O)O)CCC2)O1. The van der Waals surface area contributed by atoms with Gasteiger partial charge in [-0.3, -0.25) is 9.59 Å². The maximum Gasteiger partial charge on any atom is 0.305 e. The average molecular weight is 269 g/mol. The van der Waals surface area contributed by atoms with Crippen LogP contribution in [0.15, 0.2) is 0 Å². The van der Waals surface area contributed by atoms with Gasteiger partial charge in [0.1, 0.15) is 0 Å². The van der Waals surface area contributed by atoms with E-state index in [4.69, 9.17) is 9.84 Å². The third kappa shape index (κ3) is 3.93. The van der Waals surface area contributed by atoms with Crippen molar-refractivity contribution >= 4 is 11.9 Å². The summed E-state index contributed by atoms with van der Waals surface area (Å²) in [6.07, 6.45) is 6.34. The third-order valence-corrected chi connectivity index (χ3v) is 4.22. The molecule has 2 rings (SSSR count). The topological polar surface area (TPSA) is 75.6 Å². The first-order valence-corrected chi connectivity index (χ1v) is 7.17. The van der Waals surface area contributed by atoms with E-state index >= 15 is 0 Å². The number of carboxylic acid groups (broad SMARTS) is 1. The lowest BCUT2D eigenvalue weighted by Crippen LogP contribution is -2.54. The van der Waals surface area contributed by atoms with Crippen molar-refractivity contribution in [1.82, 2.24) is 5.32 Å². The van der Waals surface area contributed by atoms with Crippen molar-refractivity contribution in [3.05, 3.63) is 0 Å². The van der Waals surface area contributed by atoms with E-state index < -0.39 is 11.5 Å². The Bertz CT molecular complexity index is 351. The molecular formula is C14H23NO4. The molecule has 108 valence electrons. The molecule has 1 aliphatic carbocycles. The van der Waals surface area contributed by atoms with Crippen LogP contribution in [0.2, 0.25) is 0 Å². The summed E-state index contributed by atoms with van der Waals surface area (Å²) in [5, 5.41) is 11.8. The molecule has 1 saturated carbocycles. The quantitative estimate of drug-likeness (QED) is 0.771. The van der Waals surface area contributed by atoms with Gasteiger partial charge in [0, 0.05) is 6.42 Å². The molecule has 1 amide bonds. The highest BCUT2D eigenvalue weighted by atomic mass is 16.5. The average Bonchev–Trinajstić information content (AvgIpc) is 2.69. The zero-order valence-corrected chi connectivity index (χ0v) is 11.5. The molecule has 5 nitrogen and oxygen atoms in total. The maximum atomic E-state index is 11.9. The molecule has 0 aromatic rings. The second kappa shape index (κ2) is 5.90. The molecule has 2 aliphatic rings. The number of carbonyl (C=O) groups is 2. The zero-order valence-electron chi connectivity index (χ0n) is 11.5. The summed E-state index contributed by atoms with van der Waals surface area (Å²) < 4.78 is 5.67. The predicted octanol–water partition coefficient (Wildman–Crippen LogP) is 1.85. The first-order chi connectivity index (χ1) is 8.99. The summed E-state index contributed by atoms with van der Waals surface area (Å²) in [6, 6.07) is 0. The fraction of sp³-hybridized carbons (Fsp3) is 0.857. The van der Waals surface area contributed by atoms with Gasteiger partial charge in [-0.2, -0.15) is 0 Å². The minimum Gasteiger partial charge on any atom is -0.481 e. The van der Waals surface area contributed by atoms with Crippen LogP contribution in [0.4, 0.5) is 0 Å². The number of nitrogens with one attached hydrogen (secondary N) is 1. The Labute approximate surface area is 113 Å². The van der Waals surface area contributed by atoms with E-state index in [0.717, 1.165) is 38.5 Å². The van der Waals surface area contributed by atoms with Crippen LogP contribution in [0, 0.1) is 0 Å². The van der Waals surface area contributed by atoms with E-state index in [-0.39, 0.29) is 18.4 Å². The minimum absolute atomic E-state index is 0.0374. The zero-order chi connectivity index (χ0) is 13.9. The van der Waals surface area contributed by atoms with Gasteiger partial charge < -0.3 is 15.2 Å². The summed E-state index contributed by atoms with van der Waals surface area (Å²) in [7, 11) is 0. The van der Waals surface area contributed by atoms with Gasteiger partial charge in [0.15, 0.2) is 0 Å². The van der Waals surface area contributed by atoms with Crippen molar-refractivity contribution < 1.29 is 19.4 Å². The van der Waals surface area contributed by atoms with E-state index in [1.165, 1.54) is 0 Å².